The van der Waals surface area contributed by atoms with Crippen molar-refractivity contribution in [2.75, 3.05) is 11.5 Å². The van der Waals surface area contributed by atoms with Crippen molar-refractivity contribution in [1.29, 1.82) is 0 Å². The number of benzene rings is 1. The van der Waals surface area contributed by atoms with Crippen LogP contribution in [0.15, 0.2) is 17.0 Å². The van der Waals surface area contributed by atoms with Crippen molar-refractivity contribution in [3.63, 3.8) is 0 Å². The summed E-state index contributed by atoms with van der Waals surface area (Å²) in [5, 5.41) is 0. The molecule has 5 heteroatoms. The fourth-order valence-corrected chi connectivity index (χ4v) is 3.42. The Balaban J connectivity index is 2.11. The van der Waals surface area contributed by atoms with Gasteiger partial charge in [-0.15, -0.1) is 11.8 Å². The van der Waals surface area contributed by atoms with E-state index < -0.39 is 5.91 Å². The van der Waals surface area contributed by atoms with Gasteiger partial charge in [0.2, 0.25) is 0 Å². The first-order chi connectivity index (χ1) is 8.58. The first-order valence-electron chi connectivity index (χ1n) is 6.09. The highest BCUT2D eigenvalue weighted by Gasteiger charge is 2.17. The molecule has 18 heavy (non-hydrogen) atoms. The van der Waals surface area contributed by atoms with E-state index in [1.165, 1.54) is 49.6 Å². The number of nitrogens with two attached hydrogens (primary N) is 2. The molecule has 98 valence electrons. The van der Waals surface area contributed by atoms with E-state index in [2.05, 4.69) is 0 Å². The van der Waals surface area contributed by atoms with E-state index in [9.17, 15) is 9.18 Å². The van der Waals surface area contributed by atoms with Crippen molar-refractivity contribution < 1.29 is 9.18 Å². The molecule has 0 heterocycles. The summed E-state index contributed by atoms with van der Waals surface area (Å²) in [4.78, 5) is 11.6. The van der Waals surface area contributed by atoms with Crippen LogP contribution in [0.4, 0.5) is 10.1 Å². The number of carbonyl (C=O) groups is 1. The van der Waals surface area contributed by atoms with E-state index in [-0.39, 0.29) is 17.1 Å². The van der Waals surface area contributed by atoms with Crippen LogP contribution < -0.4 is 11.5 Å². The molecule has 0 bridgehead atoms. The zero-order valence-corrected chi connectivity index (χ0v) is 10.9. The zero-order valence-electron chi connectivity index (χ0n) is 10.1. The van der Waals surface area contributed by atoms with Crippen LogP contribution in [-0.2, 0) is 0 Å². The SMILES string of the molecule is NC(=O)c1cc(SCC2CCCC2)c(F)cc1N. The van der Waals surface area contributed by atoms with Gasteiger partial charge in [0.15, 0.2) is 0 Å². The lowest BCUT2D eigenvalue weighted by molar-refractivity contribution is 0.100. The number of anilines is 1. The van der Waals surface area contributed by atoms with Crippen molar-refractivity contribution in [2.24, 2.45) is 11.7 Å². The van der Waals surface area contributed by atoms with Gasteiger partial charge < -0.3 is 11.5 Å². The molecule has 0 spiro atoms. The second-order valence-electron chi connectivity index (χ2n) is 4.70. The van der Waals surface area contributed by atoms with Crippen LogP contribution in [0.5, 0.6) is 0 Å². The molecule has 1 aliphatic rings. The van der Waals surface area contributed by atoms with Gasteiger partial charge in [-0.1, -0.05) is 12.8 Å². The van der Waals surface area contributed by atoms with Crippen LogP contribution in [0.25, 0.3) is 0 Å². The molecule has 4 N–H and O–H groups in total. The molecule has 0 unspecified atom stereocenters. The molecule has 0 radical (unpaired) electrons. The second-order valence-corrected chi connectivity index (χ2v) is 5.76. The maximum Gasteiger partial charge on any atom is 0.250 e. The quantitative estimate of drug-likeness (QED) is 0.651. The van der Waals surface area contributed by atoms with Gasteiger partial charge in [0.25, 0.3) is 5.91 Å². The van der Waals surface area contributed by atoms with Crippen molar-refractivity contribution in [1.82, 2.24) is 0 Å². The molecule has 1 amide bonds. The first-order valence-corrected chi connectivity index (χ1v) is 7.08. The lowest BCUT2D eigenvalue weighted by Crippen LogP contribution is -2.14. The summed E-state index contributed by atoms with van der Waals surface area (Å²) in [5.74, 6) is 0.554. The van der Waals surface area contributed by atoms with E-state index in [0.29, 0.717) is 10.8 Å². The molecule has 0 aliphatic heterocycles. The number of hydrogen-bond donors (Lipinski definition) is 2. The summed E-state index contributed by atoms with van der Waals surface area (Å²) in [6.45, 7) is 0. The van der Waals surface area contributed by atoms with Gasteiger partial charge in [-0.3, -0.25) is 4.79 Å². The highest BCUT2D eigenvalue weighted by atomic mass is 32.2. The van der Waals surface area contributed by atoms with Crippen molar-refractivity contribution in [3.05, 3.63) is 23.5 Å². The number of carbonyl (C=O) groups excluding carboxylic acids is 1. The topological polar surface area (TPSA) is 69.1 Å². The van der Waals surface area contributed by atoms with Crippen molar-refractivity contribution in [3.8, 4) is 0 Å². The predicted octanol–water partition coefficient (Wildman–Crippen LogP) is 2.79. The third-order valence-electron chi connectivity index (χ3n) is 3.32. The van der Waals surface area contributed by atoms with Gasteiger partial charge in [-0.2, -0.15) is 0 Å². The number of hydrogen-bond acceptors (Lipinski definition) is 3. The number of halogens is 1. The number of amides is 1. The standard InChI is InChI=1S/C13H17FN2OS/c14-10-6-11(15)9(13(16)17)5-12(10)18-7-8-3-1-2-4-8/h5-6,8H,1-4,7,15H2,(H2,16,17). The number of nitrogen functional groups attached to an aromatic ring is 1. The fourth-order valence-electron chi connectivity index (χ4n) is 2.28. The third-order valence-corrected chi connectivity index (χ3v) is 4.58. The minimum atomic E-state index is -0.616. The van der Waals surface area contributed by atoms with Gasteiger partial charge in [-0.05, 0) is 30.9 Å². The van der Waals surface area contributed by atoms with E-state index >= 15 is 0 Å². The van der Waals surface area contributed by atoms with E-state index in [1.807, 2.05) is 0 Å². The average Bonchev–Trinajstić information content (AvgIpc) is 2.80. The molecule has 3 nitrogen and oxygen atoms in total. The molecule has 1 saturated carbocycles. The molecule has 1 fully saturated rings. The minimum Gasteiger partial charge on any atom is -0.398 e. The lowest BCUT2D eigenvalue weighted by Gasteiger charge is -2.10. The molecule has 1 aliphatic carbocycles. The van der Waals surface area contributed by atoms with E-state index in [4.69, 9.17) is 11.5 Å². The molecule has 2 rings (SSSR count). The van der Waals surface area contributed by atoms with Gasteiger partial charge >= 0.3 is 0 Å². The van der Waals surface area contributed by atoms with Gasteiger partial charge in [0.05, 0.1) is 5.56 Å². The smallest absolute Gasteiger partial charge is 0.250 e. The lowest BCUT2D eigenvalue weighted by atomic mass is 10.1. The maximum absolute atomic E-state index is 13.7. The number of thioether (sulfide) groups is 1. The maximum atomic E-state index is 13.7. The Morgan fingerprint density at radius 1 is 1.39 bits per heavy atom. The number of rotatable bonds is 4. The molecule has 1 aromatic rings. The van der Waals surface area contributed by atoms with Gasteiger partial charge in [0.1, 0.15) is 5.82 Å². The Hall–Kier alpha value is -1.23. The summed E-state index contributed by atoms with van der Waals surface area (Å²) < 4.78 is 13.7. The van der Waals surface area contributed by atoms with E-state index in [1.54, 1.807) is 0 Å². The molecule has 1 aromatic carbocycles. The van der Waals surface area contributed by atoms with Crippen LogP contribution in [-0.4, -0.2) is 11.7 Å². The number of primary amides is 1. The Labute approximate surface area is 110 Å². The highest BCUT2D eigenvalue weighted by molar-refractivity contribution is 7.99. The minimum absolute atomic E-state index is 0.102. The predicted molar refractivity (Wildman–Crippen MR) is 72.0 cm³/mol. The van der Waals surface area contributed by atoms with E-state index in [0.717, 1.165) is 5.75 Å². The summed E-state index contributed by atoms with van der Waals surface area (Å²) >= 11 is 1.45. The summed E-state index contributed by atoms with van der Waals surface area (Å²) in [6.07, 6.45) is 4.96. The summed E-state index contributed by atoms with van der Waals surface area (Å²) in [5.41, 5.74) is 11.1. The summed E-state index contributed by atoms with van der Waals surface area (Å²) in [6, 6.07) is 2.64. The van der Waals surface area contributed by atoms with Crippen molar-refractivity contribution >= 4 is 23.4 Å². The normalized spacial score (nSPS) is 16.1. The fraction of sp³-hybridized carbons (Fsp3) is 0.462. The van der Waals surface area contributed by atoms with Gasteiger partial charge in [-0.25, -0.2) is 4.39 Å². The van der Waals surface area contributed by atoms with Crippen LogP contribution >= 0.6 is 11.8 Å². The highest BCUT2D eigenvalue weighted by Crippen LogP contribution is 2.33. The Bertz CT molecular complexity index is 459. The Morgan fingerprint density at radius 3 is 2.67 bits per heavy atom. The average molecular weight is 268 g/mol. The Morgan fingerprint density at radius 2 is 2.06 bits per heavy atom. The molecule has 0 saturated heterocycles. The van der Waals surface area contributed by atoms with Crippen LogP contribution in [0, 0.1) is 11.7 Å². The Kier molecular flexibility index (Phi) is 4.11. The first kappa shape index (κ1) is 13.2. The van der Waals surface area contributed by atoms with Crippen LogP contribution in [0.2, 0.25) is 0 Å². The van der Waals surface area contributed by atoms with Crippen molar-refractivity contribution in [2.45, 2.75) is 30.6 Å². The van der Waals surface area contributed by atoms with Gasteiger partial charge in [0, 0.05) is 16.3 Å². The third kappa shape index (κ3) is 2.96. The molecular formula is C13H17FN2OS. The summed E-state index contributed by atoms with van der Waals surface area (Å²) in [7, 11) is 0. The zero-order chi connectivity index (χ0) is 13.1. The van der Waals surface area contributed by atoms with Crippen LogP contribution in [0.3, 0.4) is 0 Å². The molecule has 0 atom stereocenters. The molecule has 0 aromatic heterocycles. The largest absolute Gasteiger partial charge is 0.398 e. The molecular weight excluding hydrogens is 251 g/mol. The monoisotopic (exact) mass is 268 g/mol. The second kappa shape index (κ2) is 5.61. The van der Waals surface area contributed by atoms with Crippen LogP contribution in [0.1, 0.15) is 36.0 Å².